The van der Waals surface area contributed by atoms with Gasteiger partial charge in [0.25, 0.3) is 5.91 Å². The first-order chi connectivity index (χ1) is 16.5. The molecule has 1 amide bonds. The molecule has 4 rings (SSSR count). The second-order valence-corrected chi connectivity index (χ2v) is 9.44. The summed E-state index contributed by atoms with van der Waals surface area (Å²) in [5.74, 6) is 1.08. The molecule has 4 aromatic rings. The number of hydrogen-bond donors (Lipinski definition) is 1. The molecule has 34 heavy (non-hydrogen) atoms. The van der Waals surface area contributed by atoms with Crippen LogP contribution in [-0.4, -0.2) is 27.3 Å². The number of carbonyl (C=O) groups is 1. The Morgan fingerprint density at radius 2 is 1.74 bits per heavy atom. The van der Waals surface area contributed by atoms with E-state index in [9.17, 15) is 9.18 Å². The SMILES string of the molecule is O=C(COc1ccc(Cl)cc1)NCc1nnc(SCc2ccc(Br)cc2)n1-c1ccc(F)cc1. The maximum Gasteiger partial charge on any atom is 0.258 e. The van der Waals surface area contributed by atoms with Gasteiger partial charge < -0.3 is 10.1 Å². The van der Waals surface area contributed by atoms with Gasteiger partial charge in [-0.2, -0.15) is 0 Å². The number of nitrogens with zero attached hydrogens (tertiary/aromatic N) is 3. The molecule has 6 nitrogen and oxygen atoms in total. The number of amides is 1. The molecule has 0 bridgehead atoms. The summed E-state index contributed by atoms with van der Waals surface area (Å²) in [5, 5.41) is 12.6. The summed E-state index contributed by atoms with van der Waals surface area (Å²) in [6.45, 7) is -0.0243. The Hall–Kier alpha value is -2.88. The Bertz CT molecular complexity index is 1250. The molecule has 0 saturated carbocycles. The maximum atomic E-state index is 13.5. The van der Waals surface area contributed by atoms with Crippen LogP contribution in [0, 0.1) is 5.82 Å². The van der Waals surface area contributed by atoms with Gasteiger partial charge in [-0.1, -0.05) is 51.4 Å². The molecule has 0 aliphatic rings. The van der Waals surface area contributed by atoms with Crippen molar-refractivity contribution < 1.29 is 13.9 Å². The molecule has 174 valence electrons. The Kier molecular flexibility index (Phi) is 8.21. The molecule has 1 N–H and O–H groups in total. The van der Waals surface area contributed by atoms with Crippen molar-refractivity contribution in [2.45, 2.75) is 17.5 Å². The predicted octanol–water partition coefficient (Wildman–Crippen LogP) is 5.81. The van der Waals surface area contributed by atoms with Crippen molar-refractivity contribution in [1.29, 1.82) is 0 Å². The van der Waals surface area contributed by atoms with E-state index in [1.807, 2.05) is 28.8 Å². The summed E-state index contributed by atoms with van der Waals surface area (Å²) in [5.41, 5.74) is 1.82. The molecular formula is C24H19BrClFN4O2S. The van der Waals surface area contributed by atoms with E-state index in [0.717, 1.165) is 10.0 Å². The summed E-state index contributed by atoms with van der Waals surface area (Å²) >= 11 is 10.8. The van der Waals surface area contributed by atoms with Gasteiger partial charge in [0.05, 0.1) is 6.54 Å². The minimum atomic E-state index is -0.338. The fourth-order valence-corrected chi connectivity index (χ4v) is 4.31. The van der Waals surface area contributed by atoms with Crippen molar-refractivity contribution in [3.63, 3.8) is 0 Å². The summed E-state index contributed by atoms with van der Waals surface area (Å²) in [7, 11) is 0. The van der Waals surface area contributed by atoms with E-state index >= 15 is 0 Å². The lowest BCUT2D eigenvalue weighted by atomic mass is 10.2. The number of carbonyl (C=O) groups excluding carboxylic acids is 1. The Morgan fingerprint density at radius 1 is 1.03 bits per heavy atom. The van der Waals surface area contributed by atoms with Crippen molar-refractivity contribution in [1.82, 2.24) is 20.1 Å². The number of ether oxygens (including phenoxy) is 1. The third-order valence-electron chi connectivity index (χ3n) is 4.69. The van der Waals surface area contributed by atoms with Crippen LogP contribution in [0.2, 0.25) is 5.02 Å². The van der Waals surface area contributed by atoms with E-state index in [4.69, 9.17) is 16.3 Å². The fourth-order valence-electron chi connectivity index (χ4n) is 2.99. The second kappa shape index (κ2) is 11.5. The van der Waals surface area contributed by atoms with Crippen LogP contribution in [-0.2, 0) is 17.1 Å². The zero-order valence-corrected chi connectivity index (χ0v) is 20.9. The van der Waals surface area contributed by atoms with Crippen LogP contribution in [0.25, 0.3) is 5.69 Å². The van der Waals surface area contributed by atoms with Crippen LogP contribution in [0.4, 0.5) is 4.39 Å². The smallest absolute Gasteiger partial charge is 0.258 e. The van der Waals surface area contributed by atoms with E-state index in [1.165, 1.54) is 23.9 Å². The van der Waals surface area contributed by atoms with Crippen molar-refractivity contribution in [3.8, 4) is 11.4 Å². The molecule has 0 radical (unpaired) electrons. The standard InChI is InChI=1S/C24H19BrClFN4O2S/c25-17-3-1-16(2-4-17)15-34-24-30-29-22(31(24)20-9-7-19(27)8-10-20)13-28-23(32)14-33-21-11-5-18(26)6-12-21/h1-12H,13-15H2,(H,28,32). The number of thioether (sulfide) groups is 1. The highest BCUT2D eigenvalue weighted by Gasteiger charge is 2.16. The zero-order chi connectivity index (χ0) is 23.9. The van der Waals surface area contributed by atoms with Crippen LogP contribution in [0.3, 0.4) is 0 Å². The molecule has 1 aromatic heterocycles. The number of rotatable bonds is 9. The first-order valence-corrected chi connectivity index (χ1v) is 12.4. The van der Waals surface area contributed by atoms with Crippen LogP contribution >= 0.6 is 39.3 Å². The van der Waals surface area contributed by atoms with Gasteiger partial charge in [0.2, 0.25) is 0 Å². The van der Waals surface area contributed by atoms with E-state index in [1.54, 1.807) is 36.4 Å². The van der Waals surface area contributed by atoms with Gasteiger partial charge in [0.1, 0.15) is 11.6 Å². The maximum absolute atomic E-state index is 13.5. The number of aromatic nitrogens is 3. The topological polar surface area (TPSA) is 69.0 Å². The molecule has 0 fully saturated rings. The van der Waals surface area contributed by atoms with Gasteiger partial charge in [-0.25, -0.2) is 4.39 Å². The quantitative estimate of drug-likeness (QED) is 0.261. The molecule has 0 aliphatic carbocycles. The summed E-state index contributed by atoms with van der Waals surface area (Å²) < 4.78 is 21.8. The highest BCUT2D eigenvalue weighted by molar-refractivity contribution is 9.10. The van der Waals surface area contributed by atoms with Gasteiger partial charge in [-0.05, 0) is 66.2 Å². The third kappa shape index (κ3) is 6.59. The van der Waals surface area contributed by atoms with Crippen LogP contribution in [0.15, 0.2) is 82.4 Å². The highest BCUT2D eigenvalue weighted by atomic mass is 79.9. The van der Waals surface area contributed by atoms with E-state index in [-0.39, 0.29) is 24.9 Å². The fraction of sp³-hybridized carbons (Fsp3) is 0.125. The van der Waals surface area contributed by atoms with Gasteiger partial charge in [0.15, 0.2) is 17.6 Å². The number of benzene rings is 3. The summed E-state index contributed by atoms with van der Waals surface area (Å²) in [4.78, 5) is 12.3. The first kappa shape index (κ1) is 24.3. The molecule has 0 aliphatic heterocycles. The first-order valence-electron chi connectivity index (χ1n) is 10.2. The van der Waals surface area contributed by atoms with Crippen molar-refractivity contribution in [2.75, 3.05) is 6.61 Å². The summed E-state index contributed by atoms with van der Waals surface area (Å²) in [6, 6.07) is 20.8. The van der Waals surface area contributed by atoms with Gasteiger partial charge in [-0.15, -0.1) is 10.2 Å². The molecular weight excluding hydrogens is 543 g/mol. The average Bonchev–Trinajstić information content (AvgIpc) is 3.25. The molecule has 10 heteroatoms. The normalized spacial score (nSPS) is 10.8. The number of halogens is 3. The van der Waals surface area contributed by atoms with E-state index < -0.39 is 0 Å². The molecule has 0 atom stereocenters. The Labute approximate surface area is 213 Å². The highest BCUT2D eigenvalue weighted by Crippen LogP contribution is 2.26. The van der Waals surface area contributed by atoms with Crippen LogP contribution in [0.1, 0.15) is 11.4 Å². The zero-order valence-electron chi connectivity index (χ0n) is 17.7. The minimum Gasteiger partial charge on any atom is -0.484 e. The molecule has 3 aromatic carbocycles. The Balaban J connectivity index is 1.45. The third-order valence-corrected chi connectivity index (χ3v) is 6.47. The lowest BCUT2D eigenvalue weighted by Gasteiger charge is -2.11. The molecule has 0 spiro atoms. The Morgan fingerprint density at radius 3 is 2.44 bits per heavy atom. The van der Waals surface area contributed by atoms with E-state index in [0.29, 0.717) is 33.2 Å². The van der Waals surface area contributed by atoms with Gasteiger partial charge in [-0.3, -0.25) is 9.36 Å². The molecule has 0 unspecified atom stereocenters. The van der Waals surface area contributed by atoms with Crippen molar-refractivity contribution in [3.05, 3.63) is 99.5 Å². The minimum absolute atomic E-state index is 0.131. The monoisotopic (exact) mass is 560 g/mol. The molecule has 0 saturated heterocycles. The van der Waals surface area contributed by atoms with Crippen LogP contribution in [0.5, 0.6) is 5.75 Å². The lowest BCUT2D eigenvalue weighted by Crippen LogP contribution is -2.29. The number of hydrogen-bond acceptors (Lipinski definition) is 5. The van der Waals surface area contributed by atoms with Crippen LogP contribution < -0.4 is 10.1 Å². The second-order valence-electron chi connectivity index (χ2n) is 7.15. The molecule has 1 heterocycles. The van der Waals surface area contributed by atoms with Crippen molar-refractivity contribution >= 4 is 45.2 Å². The number of nitrogens with one attached hydrogen (secondary N) is 1. The van der Waals surface area contributed by atoms with E-state index in [2.05, 4.69) is 31.4 Å². The summed E-state index contributed by atoms with van der Waals surface area (Å²) in [6.07, 6.45) is 0. The largest absolute Gasteiger partial charge is 0.484 e. The van der Waals surface area contributed by atoms with Crippen molar-refractivity contribution in [2.24, 2.45) is 0 Å². The van der Waals surface area contributed by atoms with Gasteiger partial charge in [0, 0.05) is 20.9 Å². The predicted molar refractivity (Wildman–Crippen MR) is 134 cm³/mol. The lowest BCUT2D eigenvalue weighted by molar-refractivity contribution is -0.123. The van der Waals surface area contributed by atoms with Gasteiger partial charge >= 0.3 is 0 Å². The average molecular weight is 562 g/mol.